The normalized spacial score (nSPS) is 15.1. The first-order valence-corrected chi connectivity index (χ1v) is 5.84. The fourth-order valence-electron chi connectivity index (χ4n) is 1.81. The van der Waals surface area contributed by atoms with Gasteiger partial charge in [-0.05, 0) is 45.0 Å². The minimum atomic E-state index is 0.236. The third-order valence-corrected chi connectivity index (χ3v) is 3.36. The quantitative estimate of drug-likeness (QED) is 0.744. The van der Waals surface area contributed by atoms with E-state index in [1.807, 2.05) is 0 Å². The van der Waals surface area contributed by atoms with Gasteiger partial charge in [-0.25, -0.2) is 0 Å². The zero-order chi connectivity index (χ0) is 10.3. The van der Waals surface area contributed by atoms with E-state index >= 15 is 0 Å². The number of hydrogen-bond acceptors (Lipinski definition) is 1. The van der Waals surface area contributed by atoms with Crippen LogP contribution in [0.2, 0.25) is 0 Å². The van der Waals surface area contributed by atoms with E-state index in [9.17, 15) is 0 Å². The molecule has 0 bridgehead atoms. The zero-order valence-electron chi connectivity index (χ0n) is 8.95. The van der Waals surface area contributed by atoms with Gasteiger partial charge < -0.3 is 5.32 Å². The number of fused-ring (bicyclic) bond motifs is 1. The van der Waals surface area contributed by atoms with Gasteiger partial charge in [0.05, 0.1) is 5.69 Å². The average molecular weight is 254 g/mol. The van der Waals surface area contributed by atoms with Crippen LogP contribution in [0.4, 0.5) is 5.69 Å². The first-order chi connectivity index (χ1) is 6.48. The monoisotopic (exact) mass is 253 g/mol. The molecule has 0 saturated carbocycles. The minimum Gasteiger partial charge on any atom is -0.384 e. The summed E-state index contributed by atoms with van der Waals surface area (Å²) in [6, 6.07) is 4.57. The Morgan fingerprint density at radius 2 is 2.00 bits per heavy atom. The van der Waals surface area contributed by atoms with Crippen LogP contribution < -0.4 is 5.32 Å². The van der Waals surface area contributed by atoms with Gasteiger partial charge >= 0.3 is 0 Å². The number of nitrogens with one attached hydrogen (secondary N) is 1. The second-order valence-corrected chi connectivity index (χ2v) is 5.77. The highest BCUT2D eigenvalue weighted by molar-refractivity contribution is 9.10. The highest BCUT2D eigenvalue weighted by Crippen LogP contribution is 2.35. The topological polar surface area (TPSA) is 12.0 Å². The summed E-state index contributed by atoms with van der Waals surface area (Å²) in [6.45, 7) is 7.83. The fourth-order valence-corrected chi connectivity index (χ4v) is 2.46. The maximum atomic E-state index is 3.63. The Morgan fingerprint density at radius 1 is 1.29 bits per heavy atom. The maximum absolute atomic E-state index is 3.63. The number of rotatable bonds is 0. The first kappa shape index (κ1) is 10.0. The minimum absolute atomic E-state index is 0.236. The molecule has 0 saturated heterocycles. The van der Waals surface area contributed by atoms with Crippen LogP contribution in [0.25, 0.3) is 0 Å². The second-order valence-electron chi connectivity index (χ2n) is 4.92. The van der Waals surface area contributed by atoms with Gasteiger partial charge in [0.2, 0.25) is 0 Å². The highest BCUT2D eigenvalue weighted by Gasteiger charge is 2.20. The summed E-state index contributed by atoms with van der Waals surface area (Å²) in [5.41, 5.74) is 4.38. The maximum Gasteiger partial charge on any atom is 0.0518 e. The van der Waals surface area contributed by atoms with E-state index in [2.05, 4.69) is 54.2 Å². The van der Waals surface area contributed by atoms with Crippen LogP contribution in [-0.2, 0) is 11.8 Å². The van der Waals surface area contributed by atoms with Crippen molar-refractivity contribution in [2.75, 3.05) is 11.9 Å². The third kappa shape index (κ3) is 1.68. The van der Waals surface area contributed by atoms with E-state index in [1.54, 1.807) is 0 Å². The molecule has 1 aliphatic rings. The van der Waals surface area contributed by atoms with Crippen LogP contribution in [0.1, 0.15) is 31.9 Å². The van der Waals surface area contributed by atoms with E-state index in [-0.39, 0.29) is 5.41 Å². The van der Waals surface area contributed by atoms with Crippen molar-refractivity contribution in [2.24, 2.45) is 0 Å². The predicted molar refractivity (Wildman–Crippen MR) is 65.0 cm³/mol. The molecule has 0 aliphatic carbocycles. The summed E-state index contributed by atoms with van der Waals surface area (Å²) in [5, 5.41) is 3.40. The fraction of sp³-hybridized carbons (Fsp3) is 0.500. The van der Waals surface area contributed by atoms with E-state index in [1.165, 1.54) is 21.3 Å². The number of benzene rings is 1. The van der Waals surface area contributed by atoms with Gasteiger partial charge in [0.15, 0.2) is 0 Å². The molecule has 1 aromatic rings. The molecule has 2 rings (SSSR count). The summed E-state index contributed by atoms with van der Waals surface area (Å²) in [6.07, 6.45) is 1.15. The summed E-state index contributed by atoms with van der Waals surface area (Å²) in [5.74, 6) is 0. The van der Waals surface area contributed by atoms with Gasteiger partial charge in [0.1, 0.15) is 0 Å². The molecule has 0 fully saturated rings. The van der Waals surface area contributed by atoms with E-state index < -0.39 is 0 Å². The van der Waals surface area contributed by atoms with E-state index in [0.29, 0.717) is 0 Å². The molecule has 0 radical (unpaired) electrons. The lowest BCUT2D eigenvalue weighted by Crippen LogP contribution is -2.11. The Hall–Kier alpha value is -0.500. The molecule has 76 valence electrons. The number of hydrogen-bond donors (Lipinski definition) is 1. The Bertz CT molecular complexity index is 363. The van der Waals surface area contributed by atoms with Gasteiger partial charge in [-0.1, -0.05) is 26.8 Å². The summed E-state index contributed by atoms with van der Waals surface area (Å²) in [7, 11) is 0. The van der Waals surface area contributed by atoms with Crippen LogP contribution >= 0.6 is 15.9 Å². The standard InChI is InChI=1S/C12H16BrN/c1-12(2,3)9-6-8-4-5-14-11(8)10(13)7-9/h6-7,14H,4-5H2,1-3H3. The van der Waals surface area contributed by atoms with Gasteiger partial charge in [-0.3, -0.25) is 0 Å². The molecule has 1 heterocycles. The van der Waals surface area contributed by atoms with Crippen molar-refractivity contribution in [2.45, 2.75) is 32.6 Å². The molecule has 0 atom stereocenters. The van der Waals surface area contributed by atoms with E-state index in [4.69, 9.17) is 0 Å². The van der Waals surface area contributed by atoms with Crippen molar-refractivity contribution in [3.05, 3.63) is 27.7 Å². The number of anilines is 1. The lowest BCUT2D eigenvalue weighted by atomic mass is 9.86. The van der Waals surface area contributed by atoms with Gasteiger partial charge in [-0.15, -0.1) is 0 Å². The van der Waals surface area contributed by atoms with Crippen molar-refractivity contribution in [3.63, 3.8) is 0 Å². The van der Waals surface area contributed by atoms with Crippen molar-refractivity contribution in [3.8, 4) is 0 Å². The zero-order valence-corrected chi connectivity index (χ0v) is 10.5. The summed E-state index contributed by atoms with van der Waals surface area (Å²) in [4.78, 5) is 0. The summed E-state index contributed by atoms with van der Waals surface area (Å²) < 4.78 is 1.21. The summed E-state index contributed by atoms with van der Waals surface area (Å²) >= 11 is 3.63. The highest BCUT2D eigenvalue weighted by atomic mass is 79.9. The molecule has 14 heavy (non-hydrogen) atoms. The first-order valence-electron chi connectivity index (χ1n) is 5.05. The van der Waals surface area contributed by atoms with Crippen molar-refractivity contribution in [1.82, 2.24) is 0 Å². The molecule has 0 spiro atoms. The molecule has 0 unspecified atom stereocenters. The van der Waals surface area contributed by atoms with Gasteiger partial charge in [-0.2, -0.15) is 0 Å². The third-order valence-electron chi connectivity index (χ3n) is 2.73. The van der Waals surface area contributed by atoms with Crippen LogP contribution in [0, 0.1) is 0 Å². The Kier molecular flexibility index (Phi) is 2.34. The van der Waals surface area contributed by atoms with Crippen molar-refractivity contribution in [1.29, 1.82) is 0 Å². The van der Waals surface area contributed by atoms with E-state index in [0.717, 1.165) is 13.0 Å². The number of halogens is 1. The SMILES string of the molecule is CC(C)(C)c1cc(Br)c2c(c1)CCN2. The van der Waals surface area contributed by atoms with Crippen LogP contribution in [0.3, 0.4) is 0 Å². The lowest BCUT2D eigenvalue weighted by Gasteiger charge is -2.20. The smallest absolute Gasteiger partial charge is 0.0518 e. The molecule has 1 aliphatic heterocycles. The molecule has 0 aromatic heterocycles. The second kappa shape index (κ2) is 3.27. The molecular weight excluding hydrogens is 238 g/mol. The lowest BCUT2D eigenvalue weighted by molar-refractivity contribution is 0.589. The Morgan fingerprint density at radius 3 is 2.64 bits per heavy atom. The van der Waals surface area contributed by atoms with Gasteiger partial charge in [0.25, 0.3) is 0 Å². The predicted octanol–water partition coefficient (Wildman–Crippen LogP) is 3.71. The average Bonchev–Trinajstić information content (AvgIpc) is 2.50. The molecule has 0 amide bonds. The molecule has 1 aromatic carbocycles. The molecule has 1 N–H and O–H groups in total. The van der Waals surface area contributed by atoms with Crippen LogP contribution in [0.5, 0.6) is 0 Å². The largest absolute Gasteiger partial charge is 0.384 e. The Balaban J connectivity index is 2.52. The van der Waals surface area contributed by atoms with Gasteiger partial charge in [0, 0.05) is 11.0 Å². The van der Waals surface area contributed by atoms with Crippen molar-refractivity contribution >= 4 is 21.6 Å². The Labute approximate surface area is 94.0 Å². The van der Waals surface area contributed by atoms with Crippen LogP contribution in [-0.4, -0.2) is 6.54 Å². The molecular formula is C12H16BrN. The molecule has 1 nitrogen and oxygen atoms in total. The van der Waals surface area contributed by atoms with Crippen LogP contribution in [0.15, 0.2) is 16.6 Å². The molecule has 2 heteroatoms. The van der Waals surface area contributed by atoms with Crippen molar-refractivity contribution < 1.29 is 0 Å².